The Labute approximate surface area is 217 Å². The molecule has 0 spiro atoms. The summed E-state index contributed by atoms with van der Waals surface area (Å²) in [6, 6.07) is 16.1. The minimum atomic E-state index is -0.745. The van der Waals surface area contributed by atoms with E-state index in [1.807, 2.05) is 61.5 Å². The van der Waals surface area contributed by atoms with E-state index in [1.54, 1.807) is 17.0 Å². The molecule has 1 atom stereocenters. The number of carbonyl (C=O) groups is 3. The van der Waals surface area contributed by atoms with Crippen LogP contribution < -0.4 is 10.6 Å². The molecular formula is C26H35ClN4O3S. The smallest absolute Gasteiger partial charge is 0.318 e. The molecule has 0 radical (unpaired) electrons. The van der Waals surface area contributed by atoms with Gasteiger partial charge in [0, 0.05) is 50.3 Å². The van der Waals surface area contributed by atoms with E-state index in [4.69, 9.17) is 11.6 Å². The summed E-state index contributed by atoms with van der Waals surface area (Å²) in [7, 11) is 3.87. The van der Waals surface area contributed by atoms with E-state index >= 15 is 0 Å². The van der Waals surface area contributed by atoms with Crippen LogP contribution >= 0.6 is 23.4 Å². The second kappa shape index (κ2) is 15.4. The van der Waals surface area contributed by atoms with Crippen LogP contribution in [0.4, 0.5) is 4.79 Å². The number of halogens is 1. The van der Waals surface area contributed by atoms with Crippen LogP contribution in [0.15, 0.2) is 54.6 Å². The highest BCUT2D eigenvalue weighted by atomic mass is 35.5. The lowest BCUT2D eigenvalue weighted by molar-refractivity contribution is -0.123. The van der Waals surface area contributed by atoms with Gasteiger partial charge in [-0.1, -0.05) is 65.8 Å². The van der Waals surface area contributed by atoms with Crippen molar-refractivity contribution < 1.29 is 14.4 Å². The molecule has 3 amide bonds. The van der Waals surface area contributed by atoms with E-state index in [-0.39, 0.29) is 17.1 Å². The Kier molecular flexibility index (Phi) is 12.7. The lowest BCUT2D eigenvalue weighted by atomic mass is 10.1. The highest BCUT2D eigenvalue weighted by molar-refractivity contribution is 8.13. The van der Waals surface area contributed by atoms with Gasteiger partial charge < -0.3 is 20.4 Å². The molecule has 2 rings (SSSR count). The number of hydrogen-bond donors (Lipinski definition) is 2. The Hall–Kier alpha value is -2.55. The summed E-state index contributed by atoms with van der Waals surface area (Å²) >= 11 is 7.19. The van der Waals surface area contributed by atoms with E-state index in [9.17, 15) is 14.4 Å². The SMILES string of the molecule is CC(=O)SCCN(CCc1ccccc1)C(=O)N[C@@H](Cc1ccc(Cl)cc1)C(=O)NCCN(C)C. The highest BCUT2D eigenvalue weighted by Crippen LogP contribution is 2.12. The van der Waals surface area contributed by atoms with Crippen molar-refractivity contribution in [3.63, 3.8) is 0 Å². The molecule has 0 aliphatic heterocycles. The minimum Gasteiger partial charge on any atom is -0.353 e. The van der Waals surface area contributed by atoms with Gasteiger partial charge in [0.2, 0.25) is 5.91 Å². The summed E-state index contributed by atoms with van der Waals surface area (Å²) in [5.41, 5.74) is 2.01. The predicted octanol–water partition coefficient (Wildman–Crippen LogP) is 3.46. The molecule has 2 aromatic carbocycles. The molecule has 9 heteroatoms. The van der Waals surface area contributed by atoms with Crippen LogP contribution in [-0.4, -0.2) is 78.9 Å². The number of benzene rings is 2. The molecule has 0 saturated heterocycles. The van der Waals surface area contributed by atoms with Crippen molar-refractivity contribution in [1.82, 2.24) is 20.4 Å². The lowest BCUT2D eigenvalue weighted by Gasteiger charge is -2.26. The lowest BCUT2D eigenvalue weighted by Crippen LogP contribution is -2.53. The van der Waals surface area contributed by atoms with Crippen LogP contribution in [0.5, 0.6) is 0 Å². The monoisotopic (exact) mass is 518 g/mol. The van der Waals surface area contributed by atoms with E-state index in [0.29, 0.717) is 49.8 Å². The van der Waals surface area contributed by atoms with Gasteiger partial charge in [-0.05, 0) is 43.8 Å². The van der Waals surface area contributed by atoms with Crippen molar-refractivity contribution in [3.8, 4) is 0 Å². The van der Waals surface area contributed by atoms with Crippen LogP contribution in [-0.2, 0) is 22.4 Å². The van der Waals surface area contributed by atoms with Crippen molar-refractivity contribution in [2.45, 2.75) is 25.8 Å². The van der Waals surface area contributed by atoms with Gasteiger partial charge in [-0.3, -0.25) is 9.59 Å². The first-order chi connectivity index (χ1) is 16.7. The largest absolute Gasteiger partial charge is 0.353 e. The van der Waals surface area contributed by atoms with E-state index in [2.05, 4.69) is 10.6 Å². The normalized spacial score (nSPS) is 11.7. The topological polar surface area (TPSA) is 81.8 Å². The molecular weight excluding hydrogens is 484 g/mol. The number of urea groups is 1. The molecule has 0 heterocycles. The Bertz CT molecular complexity index is 941. The number of rotatable bonds is 13. The fourth-order valence-electron chi connectivity index (χ4n) is 3.35. The summed E-state index contributed by atoms with van der Waals surface area (Å²) < 4.78 is 0. The zero-order valence-electron chi connectivity index (χ0n) is 20.6. The summed E-state index contributed by atoms with van der Waals surface area (Å²) in [6.07, 6.45) is 1.02. The van der Waals surface area contributed by atoms with Gasteiger partial charge in [-0.15, -0.1) is 0 Å². The average molecular weight is 519 g/mol. The Balaban J connectivity index is 2.11. The first-order valence-corrected chi connectivity index (χ1v) is 13.0. The number of hydrogen-bond acceptors (Lipinski definition) is 5. The van der Waals surface area contributed by atoms with E-state index < -0.39 is 6.04 Å². The quantitative estimate of drug-likeness (QED) is 0.424. The maximum absolute atomic E-state index is 13.3. The van der Waals surface area contributed by atoms with Crippen LogP contribution in [0.1, 0.15) is 18.1 Å². The van der Waals surface area contributed by atoms with Crippen molar-refractivity contribution in [3.05, 3.63) is 70.7 Å². The molecule has 0 aromatic heterocycles. The average Bonchev–Trinajstić information content (AvgIpc) is 2.82. The maximum atomic E-state index is 13.3. The second-order valence-electron chi connectivity index (χ2n) is 8.49. The Morgan fingerprint density at radius 2 is 1.63 bits per heavy atom. The van der Waals surface area contributed by atoms with Gasteiger partial charge in [-0.2, -0.15) is 0 Å². The zero-order chi connectivity index (χ0) is 25.6. The van der Waals surface area contributed by atoms with Gasteiger partial charge in [0.1, 0.15) is 6.04 Å². The van der Waals surface area contributed by atoms with Crippen LogP contribution in [0, 0.1) is 0 Å². The van der Waals surface area contributed by atoms with Gasteiger partial charge in [0.25, 0.3) is 0 Å². The zero-order valence-corrected chi connectivity index (χ0v) is 22.2. The van der Waals surface area contributed by atoms with Crippen LogP contribution in [0.3, 0.4) is 0 Å². The number of likely N-dealkylation sites (N-methyl/N-ethyl adjacent to an activating group) is 1. The molecule has 0 bridgehead atoms. The van der Waals surface area contributed by atoms with Crippen molar-refractivity contribution >= 4 is 40.4 Å². The van der Waals surface area contributed by atoms with Gasteiger partial charge in [0.15, 0.2) is 5.12 Å². The van der Waals surface area contributed by atoms with E-state index in [1.165, 1.54) is 18.7 Å². The number of amides is 3. The molecule has 0 unspecified atom stereocenters. The molecule has 190 valence electrons. The van der Waals surface area contributed by atoms with E-state index in [0.717, 1.165) is 11.1 Å². The first kappa shape index (κ1) is 28.7. The van der Waals surface area contributed by atoms with Crippen molar-refractivity contribution in [1.29, 1.82) is 0 Å². The maximum Gasteiger partial charge on any atom is 0.318 e. The van der Waals surface area contributed by atoms with Crippen LogP contribution in [0.2, 0.25) is 5.02 Å². The molecule has 7 nitrogen and oxygen atoms in total. The molecule has 0 fully saturated rings. The second-order valence-corrected chi connectivity index (χ2v) is 10.2. The van der Waals surface area contributed by atoms with Crippen LogP contribution in [0.25, 0.3) is 0 Å². The third kappa shape index (κ3) is 11.6. The molecule has 2 aromatic rings. The third-order valence-electron chi connectivity index (χ3n) is 5.29. The number of nitrogens with zero attached hydrogens (tertiary/aromatic N) is 2. The molecule has 2 N–H and O–H groups in total. The number of nitrogens with one attached hydrogen (secondary N) is 2. The molecule has 0 saturated carbocycles. The number of thioether (sulfide) groups is 1. The van der Waals surface area contributed by atoms with Crippen molar-refractivity contribution in [2.75, 3.05) is 46.0 Å². The number of carbonyl (C=O) groups excluding carboxylic acids is 3. The summed E-state index contributed by atoms with van der Waals surface area (Å²) in [4.78, 5) is 41.3. The highest BCUT2D eigenvalue weighted by Gasteiger charge is 2.24. The van der Waals surface area contributed by atoms with Gasteiger partial charge in [-0.25, -0.2) is 4.79 Å². The molecule has 0 aliphatic rings. The summed E-state index contributed by atoms with van der Waals surface area (Å²) in [6.45, 7) is 3.56. The summed E-state index contributed by atoms with van der Waals surface area (Å²) in [5.74, 6) is 0.255. The fraction of sp³-hybridized carbons (Fsp3) is 0.423. The van der Waals surface area contributed by atoms with Gasteiger partial charge >= 0.3 is 6.03 Å². The van der Waals surface area contributed by atoms with Gasteiger partial charge in [0.05, 0.1) is 0 Å². The molecule has 0 aliphatic carbocycles. The first-order valence-electron chi connectivity index (χ1n) is 11.6. The van der Waals surface area contributed by atoms with Crippen molar-refractivity contribution in [2.24, 2.45) is 0 Å². The molecule has 35 heavy (non-hydrogen) atoms. The standard InChI is InChI=1S/C26H35ClN4O3S/c1-20(32)35-18-17-31(15-13-21-7-5-4-6-8-21)26(34)29-24(25(33)28-14-16-30(2)3)19-22-9-11-23(27)12-10-22/h4-12,24H,13-19H2,1-3H3,(H,28,33)(H,29,34)/t24-/m0/s1. The Morgan fingerprint density at radius 3 is 2.26 bits per heavy atom. The third-order valence-corrected chi connectivity index (χ3v) is 6.34. The minimum absolute atomic E-state index is 0.00861. The Morgan fingerprint density at radius 1 is 0.943 bits per heavy atom. The summed E-state index contributed by atoms with van der Waals surface area (Å²) in [5, 5.41) is 6.46. The predicted molar refractivity (Wildman–Crippen MR) is 144 cm³/mol. The fourth-order valence-corrected chi connectivity index (χ4v) is 4.08.